The van der Waals surface area contributed by atoms with Crippen LogP contribution in [-0.4, -0.2) is 31.4 Å². The molecule has 0 saturated carbocycles. The minimum absolute atomic E-state index is 0.257. The molecular formula is C37H39F2N3S5Si2. The maximum Gasteiger partial charge on any atom is 0.170 e. The molecule has 0 bridgehead atoms. The number of rotatable bonds is 11. The third kappa shape index (κ3) is 4.84. The first-order valence-electron chi connectivity index (χ1n) is 17.3. The van der Waals surface area contributed by atoms with Gasteiger partial charge in [-0.25, -0.2) is 8.78 Å². The highest BCUT2D eigenvalue weighted by molar-refractivity contribution is 7.31. The lowest BCUT2D eigenvalue weighted by atomic mass is 10.0. The minimum atomic E-state index is -2.12. The number of hydrogen-bond donors (Lipinski definition) is 1. The largest absolute Gasteiger partial charge is 0.331 e. The SMILES string of the molecule is C/C=C/c1cc2c(s1)-c1sc(-c3c(F)c(F)c(-c4cc5c(s4)-c4sc(C)cc4[Si]5(CCC)CCN)c4nsnc34)cc1[Si]2(CCC)CCC. The van der Waals surface area contributed by atoms with Crippen LogP contribution in [0.3, 0.4) is 0 Å². The number of nitrogens with two attached hydrogens (primary N) is 1. The number of nitrogens with zero attached hydrogens (tertiary/aromatic N) is 2. The Morgan fingerprint density at radius 2 is 1.14 bits per heavy atom. The van der Waals surface area contributed by atoms with Gasteiger partial charge in [-0.3, -0.25) is 0 Å². The van der Waals surface area contributed by atoms with Gasteiger partial charge in [0.1, 0.15) is 27.2 Å². The molecule has 1 atom stereocenters. The average Bonchev–Trinajstić information content (AvgIpc) is 3.92. The Hall–Kier alpha value is -2.17. The van der Waals surface area contributed by atoms with Crippen molar-refractivity contribution in [1.82, 2.24) is 8.75 Å². The van der Waals surface area contributed by atoms with Crippen molar-refractivity contribution in [2.24, 2.45) is 5.73 Å². The lowest BCUT2D eigenvalue weighted by Gasteiger charge is -2.27. The quantitative estimate of drug-likeness (QED) is 0.133. The van der Waals surface area contributed by atoms with Crippen LogP contribution in [0.25, 0.3) is 57.5 Å². The normalized spacial score (nSPS) is 17.4. The van der Waals surface area contributed by atoms with Crippen molar-refractivity contribution in [2.45, 2.75) is 78.1 Å². The average molecular weight is 780 g/mol. The first-order valence-corrected chi connectivity index (χ1v) is 26.1. The van der Waals surface area contributed by atoms with E-state index in [0.29, 0.717) is 17.6 Å². The van der Waals surface area contributed by atoms with Crippen molar-refractivity contribution in [3.63, 3.8) is 0 Å². The van der Waals surface area contributed by atoms with Crippen LogP contribution < -0.4 is 26.5 Å². The Bertz CT molecular complexity index is 2260. The van der Waals surface area contributed by atoms with Gasteiger partial charge in [0.15, 0.2) is 11.6 Å². The van der Waals surface area contributed by atoms with Crippen LogP contribution in [0.5, 0.6) is 0 Å². The van der Waals surface area contributed by atoms with Gasteiger partial charge in [-0.05, 0) is 95.7 Å². The third-order valence-electron chi connectivity index (χ3n) is 10.6. The maximum atomic E-state index is 16.8. The Morgan fingerprint density at radius 1 is 0.673 bits per heavy atom. The summed E-state index contributed by atoms with van der Waals surface area (Å²) in [5, 5.41) is 5.77. The van der Waals surface area contributed by atoms with E-state index < -0.39 is 27.8 Å². The number of benzene rings is 1. The standard InChI is InChI=1S/C37H39F2N3S5Si2/c1-6-10-21-17-25-35(44-21)37-26(48(25,12-7-2)13-8-3)18-22(46-37)28-30(38)31(39)29(33-32(28)41-47-42-33)23-19-27-36(45-23)34-24(16-20(5)43-34)49(27,14-9-4)15-11-40/h6,10,16-19H,7-9,11-15,40H2,1-5H3/b10-6+. The number of hydrogen-bond acceptors (Lipinski definition) is 8. The number of fused-ring (bicyclic) bond motifs is 7. The van der Waals surface area contributed by atoms with Crippen molar-refractivity contribution in [2.75, 3.05) is 6.54 Å². The first kappa shape index (κ1) is 33.9. The molecule has 0 amide bonds. The van der Waals surface area contributed by atoms with E-state index in [-0.39, 0.29) is 11.1 Å². The summed E-state index contributed by atoms with van der Waals surface area (Å²) in [6, 6.07) is 13.6. The molecule has 49 heavy (non-hydrogen) atoms. The van der Waals surface area contributed by atoms with E-state index in [4.69, 9.17) is 5.73 Å². The summed E-state index contributed by atoms with van der Waals surface area (Å²) >= 11 is 7.92. The summed E-state index contributed by atoms with van der Waals surface area (Å²) in [5.74, 6) is -1.62. The number of thiophene rings is 4. The molecule has 7 heterocycles. The van der Waals surface area contributed by atoms with E-state index >= 15 is 8.78 Å². The van der Waals surface area contributed by atoms with E-state index in [1.807, 2.05) is 22.7 Å². The fourth-order valence-electron chi connectivity index (χ4n) is 8.83. The second-order valence-electron chi connectivity index (χ2n) is 13.5. The molecule has 0 aliphatic carbocycles. The number of halogens is 2. The van der Waals surface area contributed by atoms with Crippen molar-refractivity contribution in [3.8, 4) is 40.4 Å². The van der Waals surface area contributed by atoms with Crippen molar-refractivity contribution >= 4 is 111 Å². The summed E-state index contributed by atoms with van der Waals surface area (Å²) in [7, 11) is -4.19. The minimum Gasteiger partial charge on any atom is -0.331 e. The summed E-state index contributed by atoms with van der Waals surface area (Å²) in [6.07, 6.45) is 7.57. The number of allylic oxidation sites excluding steroid dienone is 1. The molecule has 12 heteroatoms. The number of aromatic nitrogens is 2. The van der Waals surface area contributed by atoms with Crippen LogP contribution in [0.15, 0.2) is 30.3 Å². The van der Waals surface area contributed by atoms with Gasteiger partial charge in [0.25, 0.3) is 0 Å². The fraction of sp³-hybridized carbons (Fsp3) is 0.351. The van der Waals surface area contributed by atoms with Gasteiger partial charge in [0.2, 0.25) is 0 Å². The predicted octanol–water partition coefficient (Wildman–Crippen LogP) is 10.2. The molecule has 8 rings (SSSR count). The molecule has 2 N–H and O–H groups in total. The van der Waals surface area contributed by atoms with Crippen molar-refractivity contribution in [1.29, 1.82) is 0 Å². The zero-order valence-corrected chi connectivity index (χ0v) is 34.5. The van der Waals surface area contributed by atoms with Gasteiger partial charge < -0.3 is 5.73 Å². The highest BCUT2D eigenvalue weighted by atomic mass is 32.1. The van der Waals surface area contributed by atoms with Crippen LogP contribution in [0.2, 0.25) is 24.2 Å². The van der Waals surface area contributed by atoms with Crippen LogP contribution >= 0.6 is 57.1 Å². The Balaban J connectivity index is 1.31. The second-order valence-corrected chi connectivity index (χ2v) is 26.9. The Morgan fingerprint density at radius 3 is 1.65 bits per heavy atom. The van der Waals surface area contributed by atoms with Gasteiger partial charge in [-0.2, -0.15) is 8.75 Å². The highest BCUT2D eigenvalue weighted by Crippen LogP contribution is 2.50. The maximum absolute atomic E-state index is 16.8. The van der Waals surface area contributed by atoms with Gasteiger partial charge in [0.05, 0.1) is 22.9 Å². The lowest BCUT2D eigenvalue weighted by Crippen LogP contribution is -2.55. The first-order chi connectivity index (χ1) is 23.8. The van der Waals surface area contributed by atoms with E-state index in [2.05, 4.69) is 79.8 Å². The van der Waals surface area contributed by atoms with E-state index in [1.54, 1.807) is 22.7 Å². The highest BCUT2D eigenvalue weighted by Gasteiger charge is 2.49. The Labute approximate surface area is 308 Å². The van der Waals surface area contributed by atoms with Crippen molar-refractivity contribution in [3.05, 3.63) is 51.7 Å². The van der Waals surface area contributed by atoms with Crippen LogP contribution in [0, 0.1) is 18.6 Å². The topological polar surface area (TPSA) is 51.8 Å². The molecule has 254 valence electrons. The molecule has 0 fully saturated rings. The molecule has 0 saturated heterocycles. The molecular weight excluding hydrogens is 741 g/mol. The molecule has 1 aromatic carbocycles. The van der Waals surface area contributed by atoms with Gasteiger partial charge in [-0.1, -0.05) is 46.1 Å². The molecule has 5 aromatic heterocycles. The van der Waals surface area contributed by atoms with Crippen molar-refractivity contribution < 1.29 is 8.78 Å². The fourth-order valence-corrected chi connectivity index (χ4v) is 27.9. The molecule has 0 spiro atoms. The predicted molar refractivity (Wildman–Crippen MR) is 219 cm³/mol. The smallest absolute Gasteiger partial charge is 0.170 e. The molecule has 1 unspecified atom stereocenters. The van der Waals surface area contributed by atoms with Gasteiger partial charge >= 0.3 is 0 Å². The summed E-state index contributed by atoms with van der Waals surface area (Å²) in [4.78, 5) is 9.22. The summed E-state index contributed by atoms with van der Waals surface area (Å²) in [6.45, 7) is 11.6. The van der Waals surface area contributed by atoms with E-state index in [1.165, 1.54) is 50.0 Å². The van der Waals surface area contributed by atoms with Crippen LogP contribution in [0.4, 0.5) is 8.78 Å². The summed E-state index contributed by atoms with van der Waals surface area (Å²) in [5.41, 5.74) is 7.74. The number of aryl methyl sites for hydroxylation is 1. The Kier molecular flexibility index (Phi) is 8.87. The van der Waals surface area contributed by atoms with Gasteiger partial charge in [-0.15, -0.1) is 45.3 Å². The molecule has 3 nitrogen and oxygen atoms in total. The second kappa shape index (κ2) is 12.8. The molecule has 0 radical (unpaired) electrons. The van der Waals surface area contributed by atoms with Crippen LogP contribution in [0.1, 0.15) is 56.7 Å². The van der Waals surface area contributed by atoms with E-state index in [9.17, 15) is 0 Å². The molecule has 2 aliphatic heterocycles. The molecule has 6 aromatic rings. The van der Waals surface area contributed by atoms with Gasteiger partial charge in [0, 0.05) is 39.0 Å². The molecule has 2 aliphatic rings. The van der Waals surface area contributed by atoms with E-state index in [0.717, 1.165) is 64.9 Å². The van der Waals surface area contributed by atoms with Crippen LogP contribution in [-0.2, 0) is 0 Å². The zero-order chi connectivity index (χ0) is 34.2. The lowest BCUT2D eigenvalue weighted by molar-refractivity contribution is 0.516. The third-order valence-corrected chi connectivity index (χ3v) is 27.5. The monoisotopic (exact) mass is 779 g/mol. The zero-order valence-electron chi connectivity index (χ0n) is 28.4. The summed E-state index contributed by atoms with van der Waals surface area (Å²) < 4.78 is 42.9.